The van der Waals surface area contributed by atoms with Crippen molar-refractivity contribution in [2.24, 2.45) is 0 Å². The summed E-state index contributed by atoms with van der Waals surface area (Å²) in [5.41, 5.74) is 2.36. The minimum Gasteiger partial charge on any atom is -0.331 e. The molecule has 0 fully saturated rings. The van der Waals surface area contributed by atoms with Gasteiger partial charge in [-0.25, -0.2) is 13.4 Å². The second-order valence-electron chi connectivity index (χ2n) is 5.72. The predicted octanol–water partition coefficient (Wildman–Crippen LogP) is 3.81. The second-order valence-corrected chi connectivity index (χ2v) is 7.37. The molecule has 0 saturated heterocycles. The Bertz CT molecular complexity index is 961. The zero-order chi connectivity index (χ0) is 17.2. The van der Waals surface area contributed by atoms with E-state index in [0.29, 0.717) is 16.7 Å². The second kappa shape index (κ2) is 6.65. The Balaban J connectivity index is 2.05. The van der Waals surface area contributed by atoms with Gasteiger partial charge < -0.3 is 4.57 Å². The highest BCUT2D eigenvalue weighted by molar-refractivity contribution is 7.93. The average Bonchev–Trinajstić information content (AvgIpc) is 2.95. The Morgan fingerprint density at radius 3 is 2.75 bits per heavy atom. The van der Waals surface area contributed by atoms with Gasteiger partial charge in [-0.15, -0.1) is 0 Å². The van der Waals surface area contributed by atoms with Crippen molar-refractivity contribution in [3.05, 3.63) is 54.4 Å². The summed E-state index contributed by atoms with van der Waals surface area (Å²) in [5, 5.41) is 0.644. The lowest BCUT2D eigenvalue weighted by Crippen LogP contribution is -2.12. The molecule has 24 heavy (non-hydrogen) atoms. The fraction of sp³-hybridized carbons (Fsp3) is 0.278. The summed E-state index contributed by atoms with van der Waals surface area (Å²) in [6, 6.07) is 11.0. The fourth-order valence-corrected chi connectivity index (χ4v) is 4.04. The molecule has 0 bridgehead atoms. The van der Waals surface area contributed by atoms with Gasteiger partial charge in [-0.05, 0) is 42.7 Å². The van der Waals surface area contributed by atoms with Crippen LogP contribution in [-0.2, 0) is 23.0 Å². The molecule has 0 saturated carbocycles. The van der Waals surface area contributed by atoms with Gasteiger partial charge in [-0.1, -0.05) is 26.0 Å². The van der Waals surface area contributed by atoms with Crippen LogP contribution < -0.4 is 4.72 Å². The average molecular weight is 343 g/mol. The molecule has 0 aliphatic heterocycles. The number of nitrogens with one attached hydrogen (secondary N) is 1. The van der Waals surface area contributed by atoms with Crippen LogP contribution in [0.2, 0.25) is 0 Å². The topological polar surface area (TPSA) is 64.0 Å². The van der Waals surface area contributed by atoms with Crippen LogP contribution in [0.25, 0.3) is 11.0 Å². The zero-order valence-corrected chi connectivity index (χ0v) is 14.7. The third-order valence-corrected chi connectivity index (χ3v) is 5.35. The molecular weight excluding hydrogens is 322 g/mol. The number of fused-ring (bicyclic) bond motifs is 1. The number of aryl methyl sites for hydroxylation is 2. The highest BCUT2D eigenvalue weighted by Gasteiger charge is 2.21. The summed E-state index contributed by atoms with van der Waals surface area (Å²) >= 11 is 0. The third kappa shape index (κ3) is 3.14. The normalized spacial score (nSPS) is 11.8. The number of sulfonamides is 1. The predicted molar refractivity (Wildman–Crippen MR) is 96.7 cm³/mol. The van der Waals surface area contributed by atoms with E-state index in [9.17, 15) is 8.42 Å². The smallest absolute Gasteiger partial charge is 0.264 e. The van der Waals surface area contributed by atoms with E-state index in [0.717, 1.165) is 24.9 Å². The number of benzene rings is 1. The minimum atomic E-state index is -3.67. The van der Waals surface area contributed by atoms with Crippen molar-refractivity contribution in [1.82, 2.24) is 9.55 Å². The van der Waals surface area contributed by atoms with E-state index in [-0.39, 0.29) is 4.90 Å². The number of nitrogens with zero attached hydrogens (tertiary/aromatic N) is 2. The van der Waals surface area contributed by atoms with Gasteiger partial charge in [0, 0.05) is 30.0 Å². The van der Waals surface area contributed by atoms with Crippen molar-refractivity contribution in [3.8, 4) is 0 Å². The summed E-state index contributed by atoms with van der Waals surface area (Å²) in [7, 11) is -3.67. The molecule has 1 N–H and O–H groups in total. The van der Waals surface area contributed by atoms with Crippen LogP contribution in [-0.4, -0.2) is 18.0 Å². The highest BCUT2D eigenvalue weighted by Crippen LogP contribution is 2.26. The van der Waals surface area contributed by atoms with E-state index in [1.807, 2.05) is 29.7 Å². The molecule has 2 heterocycles. The minimum absolute atomic E-state index is 0.265. The van der Waals surface area contributed by atoms with Gasteiger partial charge in [0.1, 0.15) is 10.5 Å². The Kier molecular flexibility index (Phi) is 4.57. The Labute approximate surface area is 142 Å². The summed E-state index contributed by atoms with van der Waals surface area (Å²) in [4.78, 5) is 4.60. The maximum absolute atomic E-state index is 12.9. The molecule has 0 spiro atoms. The van der Waals surface area contributed by atoms with E-state index in [4.69, 9.17) is 0 Å². The van der Waals surface area contributed by atoms with Gasteiger partial charge in [-0.2, -0.15) is 0 Å². The Morgan fingerprint density at radius 1 is 1.17 bits per heavy atom. The van der Waals surface area contributed by atoms with E-state index < -0.39 is 10.0 Å². The number of aromatic nitrogens is 2. The monoisotopic (exact) mass is 343 g/mol. The van der Waals surface area contributed by atoms with Gasteiger partial charge >= 0.3 is 0 Å². The molecular formula is C18H21N3O2S. The molecule has 0 aliphatic rings. The van der Waals surface area contributed by atoms with Crippen molar-refractivity contribution >= 4 is 26.7 Å². The first-order valence-electron chi connectivity index (χ1n) is 8.10. The highest BCUT2D eigenvalue weighted by atomic mass is 32.2. The molecule has 0 atom stereocenters. The van der Waals surface area contributed by atoms with Crippen LogP contribution >= 0.6 is 0 Å². The summed E-state index contributed by atoms with van der Waals surface area (Å²) in [5.74, 6) is 0. The number of anilines is 1. The van der Waals surface area contributed by atoms with Crippen molar-refractivity contribution in [3.63, 3.8) is 0 Å². The Hall–Kier alpha value is -2.34. The van der Waals surface area contributed by atoms with Crippen molar-refractivity contribution in [1.29, 1.82) is 0 Å². The quantitative estimate of drug-likeness (QED) is 0.740. The van der Waals surface area contributed by atoms with Crippen LogP contribution in [0, 0.1) is 0 Å². The third-order valence-electron chi connectivity index (χ3n) is 3.94. The molecule has 5 nitrogen and oxygen atoms in total. The maximum atomic E-state index is 12.9. The number of hydrogen-bond acceptors (Lipinski definition) is 3. The lowest BCUT2D eigenvalue weighted by Gasteiger charge is -2.08. The van der Waals surface area contributed by atoms with Crippen LogP contribution in [0.4, 0.5) is 5.69 Å². The lowest BCUT2D eigenvalue weighted by atomic mass is 10.1. The molecule has 0 aliphatic carbocycles. The van der Waals surface area contributed by atoms with Crippen molar-refractivity contribution in [2.75, 3.05) is 4.72 Å². The molecule has 3 rings (SSSR count). The van der Waals surface area contributed by atoms with Crippen LogP contribution in [0.5, 0.6) is 0 Å². The van der Waals surface area contributed by atoms with Gasteiger partial charge in [-0.3, -0.25) is 4.72 Å². The molecule has 0 unspecified atom stereocenters. The van der Waals surface area contributed by atoms with E-state index in [1.165, 1.54) is 0 Å². The van der Waals surface area contributed by atoms with Crippen molar-refractivity contribution < 1.29 is 8.42 Å². The molecule has 0 amide bonds. The van der Waals surface area contributed by atoms with Gasteiger partial charge in [0.2, 0.25) is 0 Å². The molecule has 126 valence electrons. The van der Waals surface area contributed by atoms with Crippen LogP contribution in [0.1, 0.15) is 25.8 Å². The first-order chi connectivity index (χ1) is 11.5. The van der Waals surface area contributed by atoms with E-state index in [1.54, 1.807) is 30.6 Å². The van der Waals surface area contributed by atoms with Gasteiger partial charge in [0.15, 0.2) is 0 Å². The zero-order valence-electron chi connectivity index (χ0n) is 13.9. The number of pyridine rings is 1. The lowest BCUT2D eigenvalue weighted by molar-refractivity contribution is 0.601. The van der Waals surface area contributed by atoms with Gasteiger partial charge in [0.05, 0.1) is 0 Å². The van der Waals surface area contributed by atoms with Crippen LogP contribution in [0.3, 0.4) is 0 Å². The standard InChI is InChI=1S/C18H21N3O2S/c1-3-11-21-13-17(16-9-6-10-19-18(16)21)24(22,23)20-15-8-5-7-14(4-2)12-15/h5-10,12-13,20H,3-4,11H2,1-2H3. The first kappa shape index (κ1) is 16.5. The maximum Gasteiger partial charge on any atom is 0.264 e. The number of hydrogen-bond donors (Lipinski definition) is 1. The fourth-order valence-electron chi connectivity index (χ4n) is 2.78. The first-order valence-corrected chi connectivity index (χ1v) is 9.59. The van der Waals surface area contributed by atoms with Crippen molar-refractivity contribution in [2.45, 2.75) is 38.1 Å². The van der Waals surface area contributed by atoms with Crippen LogP contribution in [0.15, 0.2) is 53.7 Å². The molecule has 6 heteroatoms. The van der Waals surface area contributed by atoms with E-state index in [2.05, 4.69) is 16.6 Å². The van der Waals surface area contributed by atoms with E-state index >= 15 is 0 Å². The molecule has 1 aromatic carbocycles. The largest absolute Gasteiger partial charge is 0.331 e. The molecule has 3 aromatic rings. The summed E-state index contributed by atoms with van der Waals surface area (Å²) in [6.07, 6.45) is 5.12. The SMILES string of the molecule is CCCn1cc(S(=O)(=O)Nc2cccc(CC)c2)c2cccnc21. The summed E-state index contributed by atoms with van der Waals surface area (Å²) < 4.78 is 30.3. The molecule has 2 aromatic heterocycles. The summed E-state index contributed by atoms with van der Waals surface area (Å²) in [6.45, 7) is 4.82. The Morgan fingerprint density at radius 2 is 2.00 bits per heavy atom. The van der Waals surface area contributed by atoms with Gasteiger partial charge in [0.25, 0.3) is 10.0 Å². The number of rotatable bonds is 6. The molecule has 0 radical (unpaired) electrons.